The number of halogens is 2. The Hall–Kier alpha value is -2.70. The van der Waals surface area contributed by atoms with Crippen LogP contribution in [0, 0.1) is 0 Å². The number of hydrogen-bond donors (Lipinski definition) is 1. The smallest absolute Gasteiger partial charge is 0.164 e. The van der Waals surface area contributed by atoms with Crippen molar-refractivity contribution in [2.45, 2.75) is 13.3 Å². The minimum absolute atomic E-state index is 0.376. The largest absolute Gasteiger partial charge is 0.454 e. The van der Waals surface area contributed by atoms with E-state index in [-0.39, 0.29) is 0 Å². The number of aromatic nitrogens is 5. The number of hydrogen-bond acceptors (Lipinski definition) is 5. The molecule has 0 aliphatic rings. The molecule has 130 valence electrons. The maximum atomic E-state index is 6.39. The molecule has 2 heterocycles. The van der Waals surface area contributed by atoms with Gasteiger partial charge in [0.15, 0.2) is 5.75 Å². The van der Waals surface area contributed by atoms with Crippen LogP contribution in [0.5, 0.6) is 11.5 Å². The molecule has 1 N–H and O–H groups in total. The highest BCUT2D eigenvalue weighted by molar-refractivity contribution is 6.37. The van der Waals surface area contributed by atoms with Crippen LogP contribution in [0.15, 0.2) is 42.9 Å². The number of fused-ring (bicyclic) bond motifs is 1. The lowest BCUT2D eigenvalue weighted by molar-refractivity contribution is 0.484. The van der Waals surface area contributed by atoms with E-state index in [4.69, 9.17) is 27.9 Å². The van der Waals surface area contributed by atoms with Crippen LogP contribution in [0.3, 0.4) is 0 Å². The molecule has 26 heavy (non-hydrogen) atoms. The fraction of sp³-hybridized carbons (Fsp3) is 0.111. The molecule has 2 aromatic heterocycles. The first-order chi connectivity index (χ1) is 12.7. The molecule has 4 rings (SSSR count). The quantitative estimate of drug-likeness (QED) is 0.530. The van der Waals surface area contributed by atoms with Crippen molar-refractivity contribution >= 4 is 34.1 Å². The number of nitrogens with one attached hydrogen (secondary N) is 1. The first-order valence-corrected chi connectivity index (χ1v) is 8.68. The summed E-state index contributed by atoms with van der Waals surface area (Å²) in [7, 11) is 0. The van der Waals surface area contributed by atoms with Gasteiger partial charge in [0.2, 0.25) is 0 Å². The third-order valence-corrected chi connectivity index (χ3v) is 4.51. The first kappa shape index (κ1) is 16.8. The SMILES string of the molecule is CCc1[nH]nc2ccc(Oc3c(Cl)cc(-c4cncnn4)cc3Cl)cc12. The molecule has 0 fully saturated rings. The van der Waals surface area contributed by atoms with E-state index in [1.54, 1.807) is 18.3 Å². The number of H-pyrrole nitrogens is 1. The molecule has 0 atom stereocenters. The second-order valence-corrected chi connectivity index (χ2v) is 6.41. The standard InChI is InChI=1S/C18H13Cl2N5O/c1-2-15-12-7-11(3-4-16(12)25-24-15)26-18-13(19)5-10(6-14(18)20)17-8-21-9-22-23-17/h3-9H,2H2,1H3,(H,24,25). The van der Waals surface area contributed by atoms with Crippen molar-refractivity contribution < 1.29 is 4.74 Å². The Labute approximate surface area is 159 Å². The molecule has 4 aromatic rings. The van der Waals surface area contributed by atoms with E-state index >= 15 is 0 Å². The topological polar surface area (TPSA) is 76.6 Å². The second kappa shape index (κ2) is 6.90. The summed E-state index contributed by atoms with van der Waals surface area (Å²) in [4.78, 5) is 3.95. The Morgan fingerprint density at radius 3 is 2.62 bits per heavy atom. The summed E-state index contributed by atoms with van der Waals surface area (Å²) in [6, 6.07) is 9.09. The van der Waals surface area contributed by atoms with Gasteiger partial charge < -0.3 is 4.74 Å². The molecule has 0 spiro atoms. The molecule has 0 amide bonds. The number of nitrogens with zero attached hydrogens (tertiary/aromatic N) is 4. The zero-order chi connectivity index (χ0) is 18.1. The van der Waals surface area contributed by atoms with Gasteiger partial charge in [-0.05, 0) is 36.8 Å². The van der Waals surface area contributed by atoms with Gasteiger partial charge in [0.25, 0.3) is 0 Å². The first-order valence-electron chi connectivity index (χ1n) is 7.92. The molecule has 2 aromatic carbocycles. The van der Waals surface area contributed by atoms with Crippen LogP contribution in [-0.4, -0.2) is 25.4 Å². The number of benzene rings is 2. The lowest BCUT2D eigenvalue weighted by Crippen LogP contribution is -1.91. The van der Waals surface area contributed by atoms with Crippen LogP contribution in [0.4, 0.5) is 0 Å². The minimum Gasteiger partial charge on any atom is -0.454 e. The van der Waals surface area contributed by atoms with Gasteiger partial charge in [-0.3, -0.25) is 5.10 Å². The highest BCUT2D eigenvalue weighted by Crippen LogP contribution is 2.40. The molecule has 0 aliphatic heterocycles. The van der Waals surface area contributed by atoms with Crippen molar-refractivity contribution in [2.75, 3.05) is 0 Å². The highest BCUT2D eigenvalue weighted by Gasteiger charge is 2.14. The second-order valence-electron chi connectivity index (χ2n) is 5.60. The van der Waals surface area contributed by atoms with Crippen molar-refractivity contribution in [1.82, 2.24) is 25.4 Å². The predicted octanol–water partition coefficient (Wildman–Crippen LogP) is 5.08. The zero-order valence-electron chi connectivity index (χ0n) is 13.7. The Morgan fingerprint density at radius 2 is 1.92 bits per heavy atom. The van der Waals surface area contributed by atoms with Gasteiger partial charge in [-0.1, -0.05) is 30.1 Å². The van der Waals surface area contributed by atoms with Crippen molar-refractivity contribution in [3.05, 3.63) is 58.6 Å². The lowest BCUT2D eigenvalue weighted by atomic mass is 10.1. The van der Waals surface area contributed by atoms with Gasteiger partial charge in [-0.2, -0.15) is 5.10 Å². The summed E-state index contributed by atoms with van der Waals surface area (Å²) in [5.41, 5.74) is 3.23. The minimum atomic E-state index is 0.376. The van der Waals surface area contributed by atoms with E-state index in [9.17, 15) is 0 Å². The van der Waals surface area contributed by atoms with E-state index in [2.05, 4.69) is 32.3 Å². The van der Waals surface area contributed by atoms with Gasteiger partial charge in [0.05, 0.1) is 21.8 Å². The van der Waals surface area contributed by atoms with Crippen molar-refractivity contribution in [2.24, 2.45) is 0 Å². The van der Waals surface area contributed by atoms with Gasteiger partial charge in [0, 0.05) is 16.6 Å². The summed E-state index contributed by atoms with van der Waals surface area (Å²) >= 11 is 12.8. The average molecular weight is 386 g/mol. The van der Waals surface area contributed by atoms with E-state index in [1.807, 2.05) is 18.2 Å². The fourth-order valence-corrected chi connectivity index (χ4v) is 3.24. The van der Waals surface area contributed by atoms with E-state index < -0.39 is 0 Å². The van der Waals surface area contributed by atoms with Crippen LogP contribution in [-0.2, 0) is 6.42 Å². The fourth-order valence-electron chi connectivity index (χ4n) is 2.68. The predicted molar refractivity (Wildman–Crippen MR) is 101 cm³/mol. The third kappa shape index (κ3) is 3.09. The van der Waals surface area contributed by atoms with Crippen molar-refractivity contribution in [3.63, 3.8) is 0 Å². The summed E-state index contributed by atoms with van der Waals surface area (Å²) < 4.78 is 5.95. The van der Waals surface area contributed by atoms with Crippen LogP contribution >= 0.6 is 23.2 Å². The van der Waals surface area contributed by atoms with Crippen LogP contribution in [0.25, 0.3) is 22.2 Å². The van der Waals surface area contributed by atoms with Gasteiger partial charge >= 0.3 is 0 Å². The van der Waals surface area contributed by atoms with E-state index in [0.717, 1.165) is 23.0 Å². The zero-order valence-corrected chi connectivity index (χ0v) is 15.2. The summed E-state index contributed by atoms with van der Waals surface area (Å²) in [6.07, 6.45) is 3.80. The summed E-state index contributed by atoms with van der Waals surface area (Å²) in [6.45, 7) is 2.06. The Bertz CT molecular complexity index is 1060. The molecule has 0 saturated carbocycles. The summed E-state index contributed by atoms with van der Waals surface area (Å²) in [5.74, 6) is 1.01. The molecular formula is C18H13Cl2N5O. The van der Waals surface area contributed by atoms with Crippen LogP contribution in [0.2, 0.25) is 10.0 Å². The summed E-state index contributed by atoms with van der Waals surface area (Å²) in [5, 5.41) is 16.8. The Balaban J connectivity index is 1.70. The molecule has 0 saturated heterocycles. The Kier molecular flexibility index (Phi) is 4.44. The highest BCUT2D eigenvalue weighted by atomic mass is 35.5. The number of aromatic amines is 1. The molecule has 0 unspecified atom stereocenters. The molecule has 8 heteroatoms. The van der Waals surface area contributed by atoms with Crippen LogP contribution < -0.4 is 4.74 Å². The van der Waals surface area contributed by atoms with Crippen LogP contribution in [0.1, 0.15) is 12.6 Å². The van der Waals surface area contributed by atoms with E-state index in [1.165, 1.54) is 6.33 Å². The van der Waals surface area contributed by atoms with Crippen molar-refractivity contribution in [3.8, 4) is 22.8 Å². The van der Waals surface area contributed by atoms with Crippen molar-refractivity contribution in [1.29, 1.82) is 0 Å². The number of aryl methyl sites for hydroxylation is 1. The molecule has 6 nitrogen and oxygen atoms in total. The molecule has 0 aliphatic carbocycles. The van der Waals surface area contributed by atoms with E-state index in [0.29, 0.717) is 32.8 Å². The monoisotopic (exact) mass is 385 g/mol. The molecule has 0 radical (unpaired) electrons. The average Bonchev–Trinajstić information content (AvgIpc) is 3.07. The molecular weight excluding hydrogens is 373 g/mol. The van der Waals surface area contributed by atoms with Gasteiger partial charge in [-0.15, -0.1) is 10.2 Å². The maximum absolute atomic E-state index is 6.39. The lowest BCUT2D eigenvalue weighted by Gasteiger charge is -2.11. The van der Waals surface area contributed by atoms with Gasteiger partial charge in [-0.25, -0.2) is 4.98 Å². The Morgan fingerprint density at radius 1 is 1.12 bits per heavy atom. The normalized spacial score (nSPS) is 11.0. The molecule has 0 bridgehead atoms. The third-order valence-electron chi connectivity index (χ3n) is 3.95. The number of ether oxygens (including phenoxy) is 1. The van der Waals surface area contributed by atoms with Gasteiger partial charge in [0.1, 0.15) is 17.8 Å². The number of rotatable bonds is 4. The maximum Gasteiger partial charge on any atom is 0.164 e.